The van der Waals surface area contributed by atoms with Crippen LogP contribution in [0.5, 0.6) is 28.7 Å². The van der Waals surface area contributed by atoms with E-state index in [-0.39, 0.29) is 47.2 Å². The van der Waals surface area contributed by atoms with Crippen molar-refractivity contribution in [3.05, 3.63) is 111 Å². The highest BCUT2D eigenvalue weighted by Crippen LogP contribution is 2.56. The van der Waals surface area contributed by atoms with E-state index >= 15 is 0 Å². The summed E-state index contributed by atoms with van der Waals surface area (Å²) in [7, 11) is 4.53. The van der Waals surface area contributed by atoms with Gasteiger partial charge in [0, 0.05) is 39.7 Å². The van der Waals surface area contributed by atoms with Crippen LogP contribution in [-0.2, 0) is 14.3 Å². The summed E-state index contributed by atoms with van der Waals surface area (Å²) in [4.78, 5) is 53.9. The van der Waals surface area contributed by atoms with Gasteiger partial charge in [-0.3, -0.25) is 14.4 Å². The van der Waals surface area contributed by atoms with Crippen molar-refractivity contribution in [1.82, 2.24) is 0 Å². The maximum Gasteiger partial charge on any atom is 0.338 e. The predicted molar refractivity (Wildman–Crippen MR) is 166 cm³/mol. The zero-order chi connectivity index (χ0) is 33.3. The average molecular weight is 649 g/mol. The fraction of sp³-hybridized carbons (Fsp3) is 0.243. The number of hydrogen-bond donors (Lipinski definition) is 0. The van der Waals surface area contributed by atoms with Gasteiger partial charge in [-0.2, -0.15) is 0 Å². The van der Waals surface area contributed by atoms with Gasteiger partial charge in [-0.1, -0.05) is 24.3 Å². The lowest BCUT2D eigenvalue weighted by atomic mass is 9.66. The standard InChI is InChI=1S/C37H28O11/c1-42-28-11-18(12-29(43-2)35(28)44-3)30-22-13-26-27(47-16-46-26)14-24(22)34(25-15-45-37(41)31(25)30)48-36(40)17-8-9-21-23(10-17)33(39)20-7-5-4-6-19(20)32(21)38/h4-14,25,30-31,34H,15-16H2,1-3H3. The number of rotatable bonds is 6. The minimum atomic E-state index is -0.925. The molecule has 242 valence electrons. The first kappa shape index (κ1) is 29.6. The van der Waals surface area contributed by atoms with Gasteiger partial charge in [0.15, 0.2) is 34.6 Å². The molecular formula is C37H28O11. The van der Waals surface area contributed by atoms with Crippen molar-refractivity contribution >= 4 is 23.5 Å². The molecule has 48 heavy (non-hydrogen) atoms. The van der Waals surface area contributed by atoms with E-state index in [1.165, 1.54) is 39.5 Å². The third kappa shape index (κ3) is 4.34. The van der Waals surface area contributed by atoms with E-state index in [4.69, 9.17) is 33.2 Å². The molecule has 11 heteroatoms. The van der Waals surface area contributed by atoms with Crippen molar-refractivity contribution in [2.75, 3.05) is 34.7 Å². The summed E-state index contributed by atoms with van der Waals surface area (Å²) >= 11 is 0. The van der Waals surface area contributed by atoms with E-state index in [1.54, 1.807) is 48.5 Å². The molecule has 4 aromatic rings. The second-order valence-corrected chi connectivity index (χ2v) is 11.9. The molecule has 4 aliphatic rings. The molecule has 2 heterocycles. The van der Waals surface area contributed by atoms with Crippen LogP contribution >= 0.6 is 0 Å². The summed E-state index contributed by atoms with van der Waals surface area (Å²) in [6.45, 7) is 0.0155. The van der Waals surface area contributed by atoms with E-state index < -0.39 is 35.8 Å². The zero-order valence-corrected chi connectivity index (χ0v) is 26.1. The maximum atomic E-state index is 13.9. The van der Waals surface area contributed by atoms with Crippen LogP contribution in [0.3, 0.4) is 0 Å². The molecule has 4 atom stereocenters. The Morgan fingerprint density at radius 3 is 1.98 bits per heavy atom. The average Bonchev–Trinajstić information content (AvgIpc) is 3.74. The Hall–Kier alpha value is -5.84. The number of methoxy groups -OCH3 is 3. The van der Waals surface area contributed by atoms with Crippen molar-refractivity contribution in [3.8, 4) is 28.7 Å². The highest BCUT2D eigenvalue weighted by atomic mass is 16.7. The first-order valence-electron chi connectivity index (χ1n) is 15.3. The highest BCUT2D eigenvalue weighted by molar-refractivity contribution is 6.28. The summed E-state index contributed by atoms with van der Waals surface area (Å²) in [5.74, 6) is -1.53. The Bertz CT molecular complexity index is 2040. The summed E-state index contributed by atoms with van der Waals surface area (Å²) in [5, 5.41) is 0. The van der Waals surface area contributed by atoms with Crippen LogP contribution in [0.25, 0.3) is 0 Å². The SMILES string of the molecule is COc1cc(C2c3cc4c(cc3C(OC(=O)c3ccc5c(c3)C(=O)c3ccccc3C5=O)C3COC(=O)C23)OCO4)cc(OC)c1OC. The largest absolute Gasteiger partial charge is 0.493 e. The lowest BCUT2D eigenvalue weighted by Crippen LogP contribution is -2.36. The summed E-state index contributed by atoms with van der Waals surface area (Å²) in [6, 6.07) is 18.1. The van der Waals surface area contributed by atoms with Crippen molar-refractivity contribution in [2.24, 2.45) is 11.8 Å². The van der Waals surface area contributed by atoms with Gasteiger partial charge < -0.3 is 33.2 Å². The van der Waals surface area contributed by atoms with Gasteiger partial charge in [-0.15, -0.1) is 0 Å². The maximum absolute atomic E-state index is 13.9. The number of cyclic esters (lactones) is 1. The number of carbonyl (C=O) groups is 4. The molecule has 0 amide bonds. The van der Waals surface area contributed by atoms with Gasteiger partial charge >= 0.3 is 11.9 Å². The van der Waals surface area contributed by atoms with Crippen molar-refractivity contribution in [1.29, 1.82) is 0 Å². The topological polar surface area (TPSA) is 133 Å². The molecule has 0 saturated carbocycles. The van der Waals surface area contributed by atoms with Crippen LogP contribution in [-0.4, -0.2) is 58.2 Å². The number of benzene rings is 4. The monoisotopic (exact) mass is 648 g/mol. The predicted octanol–water partition coefficient (Wildman–Crippen LogP) is 5.05. The third-order valence-corrected chi connectivity index (χ3v) is 9.56. The van der Waals surface area contributed by atoms with E-state index in [0.29, 0.717) is 51.0 Å². The summed E-state index contributed by atoms with van der Waals surface area (Å²) in [6.07, 6.45) is -0.925. The number of ether oxygens (including phenoxy) is 7. The Kier molecular flexibility index (Phi) is 6.87. The first-order chi connectivity index (χ1) is 23.3. The molecule has 2 aliphatic heterocycles. The molecule has 0 spiro atoms. The molecular weight excluding hydrogens is 620 g/mol. The van der Waals surface area contributed by atoms with Gasteiger partial charge in [0.1, 0.15) is 6.10 Å². The van der Waals surface area contributed by atoms with Crippen LogP contribution in [0, 0.1) is 11.8 Å². The lowest BCUT2D eigenvalue weighted by Gasteiger charge is -2.38. The second-order valence-electron chi connectivity index (χ2n) is 11.9. The van der Waals surface area contributed by atoms with Gasteiger partial charge in [0.2, 0.25) is 12.5 Å². The van der Waals surface area contributed by atoms with Gasteiger partial charge in [0.25, 0.3) is 0 Å². The van der Waals surface area contributed by atoms with Crippen molar-refractivity contribution < 1.29 is 52.3 Å². The molecule has 0 radical (unpaired) electrons. The molecule has 4 aromatic carbocycles. The third-order valence-electron chi connectivity index (χ3n) is 9.56. The smallest absolute Gasteiger partial charge is 0.338 e. The molecule has 4 unspecified atom stereocenters. The normalized spacial score (nSPS) is 21.4. The van der Waals surface area contributed by atoms with Crippen LogP contribution in [0.2, 0.25) is 0 Å². The highest BCUT2D eigenvalue weighted by Gasteiger charge is 2.54. The number of carbonyl (C=O) groups excluding carboxylic acids is 4. The molecule has 0 N–H and O–H groups in total. The molecule has 0 bridgehead atoms. The Morgan fingerprint density at radius 2 is 1.33 bits per heavy atom. The van der Waals surface area contributed by atoms with E-state index in [2.05, 4.69) is 0 Å². The molecule has 8 rings (SSSR count). The molecule has 11 nitrogen and oxygen atoms in total. The van der Waals surface area contributed by atoms with Crippen LogP contribution in [0.1, 0.15) is 70.9 Å². The minimum Gasteiger partial charge on any atom is -0.493 e. The van der Waals surface area contributed by atoms with Crippen molar-refractivity contribution in [3.63, 3.8) is 0 Å². The van der Waals surface area contributed by atoms with Gasteiger partial charge in [-0.25, -0.2) is 4.79 Å². The Balaban J connectivity index is 1.22. The van der Waals surface area contributed by atoms with E-state index in [0.717, 1.165) is 0 Å². The molecule has 0 aromatic heterocycles. The quantitative estimate of drug-likeness (QED) is 0.229. The molecule has 2 aliphatic carbocycles. The fourth-order valence-electron chi connectivity index (χ4n) is 7.35. The lowest BCUT2D eigenvalue weighted by molar-refractivity contribution is -0.141. The van der Waals surface area contributed by atoms with Gasteiger partial charge in [0.05, 0.1) is 39.4 Å². The van der Waals surface area contributed by atoms with Crippen LogP contribution < -0.4 is 23.7 Å². The number of hydrogen-bond acceptors (Lipinski definition) is 11. The Morgan fingerprint density at radius 1 is 0.708 bits per heavy atom. The second kappa shape index (κ2) is 11.2. The van der Waals surface area contributed by atoms with Crippen molar-refractivity contribution in [2.45, 2.75) is 12.0 Å². The summed E-state index contributed by atoms with van der Waals surface area (Å²) < 4.78 is 40.1. The van der Waals surface area contributed by atoms with Crippen LogP contribution in [0.4, 0.5) is 0 Å². The first-order valence-corrected chi connectivity index (χ1v) is 15.3. The van der Waals surface area contributed by atoms with E-state index in [9.17, 15) is 19.2 Å². The number of fused-ring (bicyclic) bond motifs is 5. The summed E-state index contributed by atoms with van der Waals surface area (Å²) in [5.41, 5.74) is 3.01. The number of esters is 2. The molecule has 1 fully saturated rings. The Labute approximate surface area is 274 Å². The van der Waals surface area contributed by atoms with Crippen LogP contribution in [0.15, 0.2) is 66.7 Å². The van der Waals surface area contributed by atoms with E-state index in [1.807, 2.05) is 0 Å². The minimum absolute atomic E-state index is 0.00418. The number of ketones is 2. The zero-order valence-electron chi connectivity index (χ0n) is 26.1. The molecule has 1 saturated heterocycles. The van der Waals surface area contributed by atoms with Gasteiger partial charge in [-0.05, 0) is 53.6 Å². The fourth-order valence-corrected chi connectivity index (χ4v) is 7.35.